The maximum Gasteiger partial charge on any atom is 0.141 e. The summed E-state index contributed by atoms with van der Waals surface area (Å²) >= 11 is 0. The van der Waals surface area contributed by atoms with Crippen molar-refractivity contribution in [1.82, 2.24) is 0 Å². The van der Waals surface area contributed by atoms with Crippen LogP contribution in [0, 0.1) is 5.41 Å². The van der Waals surface area contributed by atoms with E-state index in [1.165, 1.54) is 6.08 Å². The first-order valence-corrected chi connectivity index (χ1v) is 3.88. The van der Waals surface area contributed by atoms with Crippen molar-refractivity contribution in [2.75, 3.05) is 0 Å². The van der Waals surface area contributed by atoms with Gasteiger partial charge in [0.05, 0.1) is 6.20 Å². The van der Waals surface area contributed by atoms with E-state index in [1.807, 2.05) is 27.7 Å². The Morgan fingerprint density at radius 2 is 1.92 bits per heavy atom. The van der Waals surface area contributed by atoms with Crippen molar-refractivity contribution in [1.29, 1.82) is 0 Å². The fraction of sp³-hybridized carbons (Fsp3) is 0.500. The first-order valence-electron chi connectivity index (χ1n) is 3.88. The molecular formula is C10H16FN. The second kappa shape index (κ2) is 4.19. The molecule has 0 aliphatic rings. The SMILES string of the molecule is C=N/C=C(F)\C=C(/C)C(C)(C)C. The molecule has 0 aromatic heterocycles. The molecule has 0 amide bonds. The van der Waals surface area contributed by atoms with E-state index in [4.69, 9.17) is 0 Å². The molecule has 0 saturated carbocycles. The van der Waals surface area contributed by atoms with Crippen LogP contribution >= 0.6 is 0 Å². The van der Waals surface area contributed by atoms with Gasteiger partial charge in [0.2, 0.25) is 0 Å². The van der Waals surface area contributed by atoms with E-state index >= 15 is 0 Å². The second-order valence-electron chi connectivity index (χ2n) is 3.77. The largest absolute Gasteiger partial charge is 0.269 e. The van der Waals surface area contributed by atoms with Gasteiger partial charge in [0.25, 0.3) is 0 Å². The van der Waals surface area contributed by atoms with Crippen molar-refractivity contribution in [3.63, 3.8) is 0 Å². The number of hydrogen-bond donors (Lipinski definition) is 0. The summed E-state index contributed by atoms with van der Waals surface area (Å²) in [6.45, 7) is 11.2. The maximum absolute atomic E-state index is 12.8. The summed E-state index contributed by atoms with van der Waals surface area (Å²) in [6, 6.07) is 0. The lowest BCUT2D eigenvalue weighted by molar-refractivity contribution is 0.500. The fourth-order valence-electron chi connectivity index (χ4n) is 0.548. The molecule has 0 N–H and O–H groups in total. The van der Waals surface area contributed by atoms with Gasteiger partial charge in [0, 0.05) is 0 Å². The van der Waals surface area contributed by atoms with Crippen molar-refractivity contribution in [3.8, 4) is 0 Å². The zero-order valence-electron chi connectivity index (χ0n) is 8.19. The van der Waals surface area contributed by atoms with Crippen LogP contribution in [0.15, 0.2) is 28.7 Å². The lowest BCUT2D eigenvalue weighted by Crippen LogP contribution is -2.06. The van der Waals surface area contributed by atoms with Crippen molar-refractivity contribution < 1.29 is 4.39 Å². The van der Waals surface area contributed by atoms with E-state index in [0.717, 1.165) is 11.8 Å². The van der Waals surface area contributed by atoms with E-state index in [-0.39, 0.29) is 11.2 Å². The normalized spacial score (nSPS) is 14.8. The quantitative estimate of drug-likeness (QED) is 0.443. The van der Waals surface area contributed by atoms with Crippen molar-refractivity contribution in [3.05, 3.63) is 23.7 Å². The van der Waals surface area contributed by atoms with E-state index < -0.39 is 0 Å². The summed E-state index contributed by atoms with van der Waals surface area (Å²) in [5.74, 6) is -0.350. The van der Waals surface area contributed by atoms with Gasteiger partial charge >= 0.3 is 0 Å². The highest BCUT2D eigenvalue weighted by Crippen LogP contribution is 2.25. The van der Waals surface area contributed by atoms with Crippen LogP contribution in [-0.4, -0.2) is 6.72 Å². The third-order valence-corrected chi connectivity index (χ3v) is 1.75. The van der Waals surface area contributed by atoms with Crippen LogP contribution in [-0.2, 0) is 0 Å². The van der Waals surface area contributed by atoms with Crippen molar-refractivity contribution >= 4 is 6.72 Å². The summed E-state index contributed by atoms with van der Waals surface area (Å²) in [6.07, 6.45) is 2.59. The molecule has 0 saturated heterocycles. The predicted molar refractivity (Wildman–Crippen MR) is 52.0 cm³/mol. The minimum absolute atomic E-state index is 0.00630. The van der Waals surface area contributed by atoms with Gasteiger partial charge in [-0.1, -0.05) is 26.3 Å². The molecule has 0 heterocycles. The summed E-state index contributed by atoms with van der Waals surface area (Å²) in [7, 11) is 0. The maximum atomic E-state index is 12.8. The predicted octanol–water partition coefficient (Wildman–Crippen LogP) is 3.49. The summed E-state index contributed by atoms with van der Waals surface area (Å²) in [4.78, 5) is 3.34. The number of allylic oxidation sites excluding steroid dienone is 3. The molecule has 0 radical (unpaired) electrons. The fourth-order valence-corrected chi connectivity index (χ4v) is 0.548. The first-order chi connectivity index (χ1) is 5.38. The Balaban J connectivity index is 4.57. The molecule has 2 heteroatoms. The third-order valence-electron chi connectivity index (χ3n) is 1.75. The Morgan fingerprint density at radius 3 is 2.25 bits per heavy atom. The molecule has 0 aliphatic heterocycles. The Hall–Kier alpha value is -0.920. The Bertz CT molecular complexity index is 218. The van der Waals surface area contributed by atoms with Crippen LogP contribution in [0.2, 0.25) is 0 Å². The molecule has 0 aliphatic carbocycles. The van der Waals surface area contributed by atoms with Crippen molar-refractivity contribution in [2.45, 2.75) is 27.7 Å². The Kier molecular flexibility index (Phi) is 3.87. The van der Waals surface area contributed by atoms with Gasteiger partial charge in [-0.25, -0.2) is 4.39 Å². The lowest BCUT2D eigenvalue weighted by Gasteiger charge is -2.18. The minimum Gasteiger partial charge on any atom is -0.269 e. The van der Waals surface area contributed by atoms with Crippen LogP contribution < -0.4 is 0 Å². The van der Waals surface area contributed by atoms with E-state index in [1.54, 1.807) is 0 Å². The van der Waals surface area contributed by atoms with Crippen LogP contribution in [0.1, 0.15) is 27.7 Å². The molecule has 68 valence electrons. The zero-order valence-corrected chi connectivity index (χ0v) is 8.19. The number of rotatable bonds is 2. The molecule has 0 unspecified atom stereocenters. The highest BCUT2D eigenvalue weighted by atomic mass is 19.1. The third kappa shape index (κ3) is 4.06. The standard InChI is InChI=1S/C10H16FN/c1-8(10(2,3)4)6-9(11)7-12-5/h6-7H,5H2,1-4H3/b8-6+,9-7+. The molecule has 0 bridgehead atoms. The van der Waals surface area contributed by atoms with Gasteiger partial charge in [-0.15, -0.1) is 0 Å². The molecule has 0 spiro atoms. The number of halogens is 1. The molecule has 0 aromatic carbocycles. The monoisotopic (exact) mass is 169 g/mol. The highest BCUT2D eigenvalue weighted by molar-refractivity contribution is 5.28. The Morgan fingerprint density at radius 1 is 1.42 bits per heavy atom. The number of hydrogen-bond acceptors (Lipinski definition) is 1. The average Bonchev–Trinajstić information content (AvgIpc) is 1.85. The van der Waals surface area contributed by atoms with Crippen LogP contribution in [0.3, 0.4) is 0 Å². The van der Waals surface area contributed by atoms with Gasteiger partial charge in [0.15, 0.2) is 0 Å². The van der Waals surface area contributed by atoms with Gasteiger partial charge in [-0.05, 0) is 25.1 Å². The highest BCUT2D eigenvalue weighted by Gasteiger charge is 2.12. The van der Waals surface area contributed by atoms with Gasteiger partial charge in [-0.2, -0.15) is 0 Å². The average molecular weight is 169 g/mol. The van der Waals surface area contributed by atoms with E-state index in [2.05, 4.69) is 11.7 Å². The van der Waals surface area contributed by atoms with Crippen LogP contribution in [0.5, 0.6) is 0 Å². The smallest absolute Gasteiger partial charge is 0.141 e. The van der Waals surface area contributed by atoms with E-state index in [0.29, 0.717) is 0 Å². The summed E-state index contributed by atoms with van der Waals surface area (Å²) < 4.78 is 12.8. The first kappa shape index (κ1) is 11.1. The molecule has 0 fully saturated rings. The van der Waals surface area contributed by atoms with Gasteiger partial charge in [0.1, 0.15) is 5.83 Å². The van der Waals surface area contributed by atoms with Crippen LogP contribution in [0.25, 0.3) is 0 Å². The molecule has 12 heavy (non-hydrogen) atoms. The topological polar surface area (TPSA) is 12.4 Å². The lowest BCUT2D eigenvalue weighted by atomic mass is 9.87. The minimum atomic E-state index is -0.350. The number of nitrogens with zero attached hydrogens (tertiary/aromatic N) is 1. The van der Waals surface area contributed by atoms with Gasteiger partial charge < -0.3 is 0 Å². The number of aliphatic imine (C=N–C) groups is 1. The van der Waals surface area contributed by atoms with Crippen LogP contribution in [0.4, 0.5) is 4.39 Å². The molecule has 0 atom stereocenters. The molecular weight excluding hydrogens is 153 g/mol. The summed E-state index contributed by atoms with van der Waals surface area (Å²) in [5, 5.41) is 0. The molecule has 0 aromatic rings. The second-order valence-corrected chi connectivity index (χ2v) is 3.77. The Labute approximate surface area is 73.7 Å². The summed E-state index contributed by atoms with van der Waals surface area (Å²) in [5.41, 5.74) is 0.992. The molecule has 1 nitrogen and oxygen atoms in total. The van der Waals surface area contributed by atoms with Gasteiger partial charge in [-0.3, -0.25) is 4.99 Å². The van der Waals surface area contributed by atoms with Crippen molar-refractivity contribution in [2.24, 2.45) is 10.4 Å². The molecule has 0 rings (SSSR count). The zero-order chi connectivity index (χ0) is 9.78. The van der Waals surface area contributed by atoms with E-state index in [9.17, 15) is 4.39 Å².